The first kappa shape index (κ1) is 23.1. The Hall–Kier alpha value is -2.66. The lowest BCUT2D eigenvalue weighted by molar-refractivity contribution is 0.327. The molecular weight excluding hydrogens is 497 g/mol. The summed E-state index contributed by atoms with van der Waals surface area (Å²) in [5.41, 5.74) is 4.31. The average molecular weight is 520 g/mol. The lowest BCUT2D eigenvalue weighted by Gasteiger charge is -2.28. The van der Waals surface area contributed by atoms with Crippen LogP contribution in [0.25, 0.3) is 10.9 Å². The third-order valence-electron chi connectivity index (χ3n) is 6.21. The lowest BCUT2D eigenvalue weighted by Crippen LogP contribution is -2.34. The number of hydrogen-bond donors (Lipinski definition) is 2. The number of sulfonamides is 1. The fourth-order valence-electron chi connectivity index (χ4n) is 4.42. The van der Waals surface area contributed by atoms with Crippen LogP contribution < -0.4 is 9.62 Å². The van der Waals surface area contributed by atoms with Gasteiger partial charge in [-0.25, -0.2) is 17.8 Å². The van der Waals surface area contributed by atoms with Crippen molar-refractivity contribution in [1.29, 1.82) is 0 Å². The van der Waals surface area contributed by atoms with E-state index in [1.807, 2.05) is 30.3 Å². The zero-order chi connectivity index (χ0) is 23.9. The van der Waals surface area contributed by atoms with E-state index in [9.17, 15) is 12.8 Å². The maximum absolute atomic E-state index is 14.9. The van der Waals surface area contributed by atoms with Gasteiger partial charge in [0.15, 0.2) is 5.82 Å². The number of nitrogens with zero attached hydrogens (tertiary/aromatic N) is 3. The molecule has 1 fully saturated rings. The minimum absolute atomic E-state index is 0.123. The lowest BCUT2D eigenvalue weighted by atomic mass is 10.1. The quantitative estimate of drug-likeness (QED) is 0.362. The van der Waals surface area contributed by atoms with Gasteiger partial charge in [-0.1, -0.05) is 29.8 Å². The number of rotatable bonds is 7. The Morgan fingerprint density at radius 2 is 2.18 bits per heavy atom. The van der Waals surface area contributed by atoms with Crippen LogP contribution in [0.2, 0.25) is 5.02 Å². The first-order chi connectivity index (χ1) is 16.3. The standard InChI is InChI=1S/C23H23ClFN5O2S2/c1-29(16-6-7-30(12-16)11-15-10-26-20-5-3-2-4-17(15)20)21-9-19(25)22(8-18(21)24)34(31,32)28-23-13-33-14-27-23/h2-5,8-10,13-14,16,26,28H,6-7,11-12H2,1H3. The number of nitrogens with one attached hydrogen (secondary N) is 2. The summed E-state index contributed by atoms with van der Waals surface area (Å²) in [5.74, 6) is -0.717. The molecule has 0 saturated carbocycles. The molecule has 1 unspecified atom stereocenters. The van der Waals surface area contributed by atoms with Crippen molar-refractivity contribution < 1.29 is 12.8 Å². The second-order valence-corrected chi connectivity index (χ2v) is 11.1. The van der Waals surface area contributed by atoms with Crippen LogP contribution in [0.3, 0.4) is 0 Å². The number of para-hydroxylation sites is 1. The molecule has 7 nitrogen and oxygen atoms in total. The molecule has 34 heavy (non-hydrogen) atoms. The van der Waals surface area contributed by atoms with Crippen molar-refractivity contribution in [2.45, 2.75) is 23.9 Å². The highest BCUT2D eigenvalue weighted by Crippen LogP contribution is 2.34. The third kappa shape index (κ3) is 4.50. The molecule has 11 heteroatoms. The predicted molar refractivity (Wildman–Crippen MR) is 135 cm³/mol. The van der Waals surface area contributed by atoms with Crippen LogP contribution in [0.4, 0.5) is 15.9 Å². The summed E-state index contributed by atoms with van der Waals surface area (Å²) >= 11 is 7.68. The Kier molecular flexibility index (Phi) is 6.24. The molecule has 3 heterocycles. The highest BCUT2D eigenvalue weighted by atomic mass is 35.5. The molecule has 2 N–H and O–H groups in total. The SMILES string of the molecule is CN(c1cc(F)c(S(=O)(=O)Nc2cscn2)cc1Cl)C1CCN(Cc2c[nH]c3ccccc23)C1. The summed E-state index contributed by atoms with van der Waals surface area (Å²) in [6.45, 7) is 2.51. The highest BCUT2D eigenvalue weighted by molar-refractivity contribution is 7.92. The van der Waals surface area contributed by atoms with Crippen LogP contribution in [0, 0.1) is 5.82 Å². The van der Waals surface area contributed by atoms with Gasteiger partial charge in [-0.2, -0.15) is 0 Å². The Labute approximate surface area is 206 Å². The first-order valence-corrected chi connectivity index (χ1v) is 13.5. The summed E-state index contributed by atoms with van der Waals surface area (Å²) in [7, 11) is -2.29. The third-order valence-corrected chi connectivity index (χ3v) is 8.47. The minimum atomic E-state index is -4.15. The molecule has 4 aromatic rings. The Morgan fingerprint density at radius 3 is 2.97 bits per heavy atom. The second kappa shape index (κ2) is 9.18. The van der Waals surface area contributed by atoms with Crippen LogP contribution in [0.15, 0.2) is 58.4 Å². The predicted octanol–water partition coefficient (Wildman–Crippen LogP) is 4.93. The molecule has 1 saturated heterocycles. The number of likely N-dealkylation sites (N-methyl/N-ethyl adjacent to an activating group) is 1. The van der Waals surface area contributed by atoms with Crippen molar-refractivity contribution in [1.82, 2.24) is 14.9 Å². The number of likely N-dealkylation sites (tertiary alicyclic amines) is 1. The molecular formula is C23H23ClFN5O2S2. The number of aromatic amines is 1. The van der Waals surface area contributed by atoms with Gasteiger partial charge in [-0.05, 0) is 24.1 Å². The van der Waals surface area contributed by atoms with E-state index in [2.05, 4.69) is 31.7 Å². The van der Waals surface area contributed by atoms with Crippen molar-refractivity contribution in [2.24, 2.45) is 0 Å². The van der Waals surface area contributed by atoms with Gasteiger partial charge in [0.2, 0.25) is 0 Å². The van der Waals surface area contributed by atoms with Crippen molar-refractivity contribution in [3.8, 4) is 0 Å². The van der Waals surface area contributed by atoms with E-state index < -0.39 is 20.7 Å². The monoisotopic (exact) mass is 519 g/mol. The van der Waals surface area contributed by atoms with E-state index in [0.717, 1.165) is 37.6 Å². The van der Waals surface area contributed by atoms with Crippen molar-refractivity contribution in [2.75, 3.05) is 29.8 Å². The minimum Gasteiger partial charge on any atom is -0.369 e. The molecule has 0 aliphatic carbocycles. The average Bonchev–Trinajstić information content (AvgIpc) is 3.57. The normalized spacial score (nSPS) is 16.9. The van der Waals surface area contributed by atoms with Gasteiger partial charge in [0, 0.05) is 61.3 Å². The number of benzene rings is 2. The largest absolute Gasteiger partial charge is 0.369 e. The van der Waals surface area contributed by atoms with Gasteiger partial charge in [-0.15, -0.1) is 11.3 Å². The van der Waals surface area contributed by atoms with Crippen molar-refractivity contribution in [3.05, 3.63) is 69.9 Å². The fourth-order valence-corrected chi connectivity index (χ4v) is 6.43. The Morgan fingerprint density at radius 1 is 1.35 bits per heavy atom. The van der Waals surface area contributed by atoms with Gasteiger partial charge in [-0.3, -0.25) is 9.62 Å². The van der Waals surface area contributed by atoms with Crippen LogP contribution in [0.5, 0.6) is 0 Å². The van der Waals surface area contributed by atoms with E-state index in [1.165, 1.54) is 39.2 Å². The summed E-state index contributed by atoms with van der Waals surface area (Å²) in [5, 5.41) is 2.92. The topological polar surface area (TPSA) is 81.3 Å². The van der Waals surface area contributed by atoms with Gasteiger partial charge in [0.25, 0.3) is 10.0 Å². The van der Waals surface area contributed by atoms with E-state index in [0.29, 0.717) is 5.69 Å². The molecule has 0 spiro atoms. The van der Waals surface area contributed by atoms with Gasteiger partial charge >= 0.3 is 0 Å². The first-order valence-electron chi connectivity index (χ1n) is 10.7. The zero-order valence-electron chi connectivity index (χ0n) is 18.3. The van der Waals surface area contributed by atoms with Gasteiger partial charge in [0.1, 0.15) is 10.7 Å². The Bertz CT molecular complexity index is 1420. The molecule has 1 atom stereocenters. The molecule has 2 aromatic heterocycles. The number of hydrogen-bond acceptors (Lipinski definition) is 6. The molecule has 0 amide bonds. The summed E-state index contributed by atoms with van der Waals surface area (Å²) < 4.78 is 42.5. The number of H-pyrrole nitrogens is 1. The van der Waals surface area contributed by atoms with Crippen LogP contribution >= 0.6 is 22.9 Å². The number of anilines is 2. The zero-order valence-corrected chi connectivity index (χ0v) is 20.7. The molecule has 0 radical (unpaired) electrons. The number of aromatic nitrogens is 2. The van der Waals surface area contributed by atoms with Crippen LogP contribution in [0.1, 0.15) is 12.0 Å². The summed E-state index contributed by atoms with van der Waals surface area (Å²) in [6, 6.07) is 10.7. The molecule has 0 bridgehead atoms. The van der Waals surface area contributed by atoms with Gasteiger partial charge in [0.05, 0.1) is 16.2 Å². The van der Waals surface area contributed by atoms with Crippen molar-refractivity contribution >= 4 is 55.4 Å². The molecule has 2 aromatic carbocycles. The summed E-state index contributed by atoms with van der Waals surface area (Å²) in [6.07, 6.45) is 2.94. The number of halogens is 2. The second-order valence-electron chi connectivity index (χ2n) is 8.36. The maximum Gasteiger partial charge on any atom is 0.266 e. The summed E-state index contributed by atoms with van der Waals surface area (Å²) in [4.78, 5) is 11.0. The van der Waals surface area contributed by atoms with E-state index in [4.69, 9.17) is 11.6 Å². The maximum atomic E-state index is 14.9. The van der Waals surface area contributed by atoms with Crippen LogP contribution in [-0.2, 0) is 16.6 Å². The number of fused-ring (bicyclic) bond motifs is 1. The smallest absolute Gasteiger partial charge is 0.266 e. The highest BCUT2D eigenvalue weighted by Gasteiger charge is 2.29. The molecule has 5 rings (SSSR count). The van der Waals surface area contributed by atoms with E-state index in [1.54, 1.807) is 0 Å². The van der Waals surface area contributed by atoms with Gasteiger partial charge < -0.3 is 9.88 Å². The molecule has 178 valence electrons. The van der Waals surface area contributed by atoms with E-state index >= 15 is 0 Å². The Balaban J connectivity index is 1.31. The fraction of sp³-hybridized carbons (Fsp3) is 0.261. The molecule has 1 aliphatic heterocycles. The van der Waals surface area contributed by atoms with Crippen LogP contribution in [-0.4, -0.2) is 49.5 Å². The van der Waals surface area contributed by atoms with E-state index in [-0.39, 0.29) is 16.9 Å². The molecule has 1 aliphatic rings. The van der Waals surface area contributed by atoms with Crippen molar-refractivity contribution in [3.63, 3.8) is 0 Å². The number of thiazole rings is 1.